The van der Waals surface area contributed by atoms with Crippen LogP contribution in [-0.4, -0.2) is 56.6 Å². The molecular weight excluding hydrogens is 377 g/mol. The zero-order valence-corrected chi connectivity index (χ0v) is 15.3. The summed E-state index contributed by atoms with van der Waals surface area (Å²) in [5.74, 6) is -0.593. The Kier molecular flexibility index (Phi) is 6.02. The molecule has 0 radical (unpaired) electrons. The molecule has 1 saturated heterocycles. The van der Waals surface area contributed by atoms with E-state index in [1.165, 1.54) is 29.1 Å². The van der Waals surface area contributed by atoms with E-state index < -0.39 is 4.92 Å². The molecule has 1 amide bonds. The van der Waals surface area contributed by atoms with E-state index in [1.54, 1.807) is 11.0 Å². The number of aromatic nitrogens is 2. The second-order valence-corrected chi connectivity index (χ2v) is 6.74. The number of amides is 1. The first-order valence-corrected chi connectivity index (χ1v) is 8.92. The molecule has 0 aliphatic carbocycles. The van der Waals surface area contributed by atoms with Crippen molar-refractivity contribution in [1.82, 2.24) is 19.6 Å². The number of carbonyl (C=O) groups is 1. The van der Waals surface area contributed by atoms with E-state index in [1.807, 2.05) is 0 Å². The summed E-state index contributed by atoms with van der Waals surface area (Å²) in [4.78, 5) is 26.3. The first kappa shape index (κ1) is 19.2. The lowest BCUT2D eigenvalue weighted by Crippen LogP contribution is -2.48. The molecule has 144 valence electrons. The molecule has 10 heteroatoms. The van der Waals surface area contributed by atoms with Gasteiger partial charge in [-0.2, -0.15) is 4.68 Å². The molecule has 3 rings (SSSR count). The quantitative estimate of drug-likeness (QED) is 0.553. The Morgan fingerprint density at radius 2 is 2.00 bits per heavy atom. The zero-order chi connectivity index (χ0) is 19.4. The molecule has 1 aliphatic rings. The monoisotopic (exact) mass is 395 g/mol. The normalized spacial score (nSPS) is 15.1. The van der Waals surface area contributed by atoms with Crippen molar-refractivity contribution in [3.05, 3.63) is 57.0 Å². The van der Waals surface area contributed by atoms with Crippen LogP contribution in [0.2, 0.25) is 5.02 Å². The van der Waals surface area contributed by atoms with Crippen molar-refractivity contribution in [3.63, 3.8) is 0 Å². The molecule has 2 aromatic rings. The molecule has 0 atom stereocenters. The lowest BCUT2D eigenvalue weighted by Gasteiger charge is -2.35. The van der Waals surface area contributed by atoms with Crippen LogP contribution >= 0.6 is 11.6 Å². The second kappa shape index (κ2) is 8.45. The topological polar surface area (TPSA) is 84.5 Å². The summed E-state index contributed by atoms with van der Waals surface area (Å²) in [5.41, 5.74) is 0.859. The molecule has 1 aromatic heterocycles. The van der Waals surface area contributed by atoms with Gasteiger partial charge in [0.15, 0.2) is 0 Å². The molecule has 0 bridgehead atoms. The summed E-state index contributed by atoms with van der Waals surface area (Å²) in [6, 6.07) is 5.68. The molecule has 0 spiro atoms. The molecular formula is C17H19ClFN5O3. The van der Waals surface area contributed by atoms with Crippen LogP contribution in [0, 0.1) is 15.9 Å². The van der Waals surface area contributed by atoms with E-state index in [0.29, 0.717) is 44.3 Å². The number of benzene rings is 1. The van der Waals surface area contributed by atoms with Gasteiger partial charge in [-0.15, -0.1) is 0 Å². The molecule has 0 N–H and O–H groups in total. The summed E-state index contributed by atoms with van der Waals surface area (Å²) in [6.45, 7) is 3.50. The van der Waals surface area contributed by atoms with Crippen LogP contribution in [0.5, 0.6) is 0 Å². The summed E-state index contributed by atoms with van der Waals surface area (Å²) in [6.07, 6.45) is 1.73. The molecule has 1 aromatic carbocycles. The van der Waals surface area contributed by atoms with Crippen LogP contribution in [0.25, 0.3) is 0 Å². The Balaban J connectivity index is 1.45. The third kappa shape index (κ3) is 5.01. The minimum absolute atomic E-state index is 0.00684. The van der Waals surface area contributed by atoms with Crippen LogP contribution in [0.1, 0.15) is 12.0 Å². The van der Waals surface area contributed by atoms with E-state index >= 15 is 0 Å². The standard InChI is InChI=1S/C17H19ClFN5O3/c18-15-11-14(19)2-1-13(15)12-21-7-9-22(10-8-21)17(25)4-6-23-5-3-16(20-23)24(26)27/h1-3,5,11H,4,6-10,12H2. The lowest BCUT2D eigenvalue weighted by atomic mass is 10.2. The number of aryl methyl sites for hydroxylation is 1. The van der Waals surface area contributed by atoms with Crippen molar-refractivity contribution in [2.24, 2.45) is 0 Å². The van der Waals surface area contributed by atoms with E-state index in [4.69, 9.17) is 11.6 Å². The van der Waals surface area contributed by atoms with Gasteiger partial charge in [0.1, 0.15) is 5.82 Å². The van der Waals surface area contributed by atoms with Crippen molar-refractivity contribution in [2.75, 3.05) is 26.2 Å². The maximum absolute atomic E-state index is 13.1. The highest BCUT2D eigenvalue weighted by Crippen LogP contribution is 2.20. The van der Waals surface area contributed by atoms with Gasteiger partial charge in [-0.25, -0.2) is 4.39 Å². The number of nitrogens with zero attached hydrogens (tertiary/aromatic N) is 5. The fourth-order valence-electron chi connectivity index (χ4n) is 2.99. The van der Waals surface area contributed by atoms with E-state index in [9.17, 15) is 19.3 Å². The van der Waals surface area contributed by atoms with E-state index in [2.05, 4.69) is 10.00 Å². The fraction of sp³-hybridized carbons (Fsp3) is 0.412. The van der Waals surface area contributed by atoms with Crippen LogP contribution in [0.3, 0.4) is 0 Å². The largest absolute Gasteiger partial charge is 0.389 e. The first-order chi connectivity index (χ1) is 12.9. The average Bonchev–Trinajstić information content (AvgIpc) is 3.12. The highest BCUT2D eigenvalue weighted by molar-refractivity contribution is 6.31. The number of hydrogen-bond acceptors (Lipinski definition) is 5. The average molecular weight is 396 g/mol. The summed E-state index contributed by atoms with van der Waals surface area (Å²) >= 11 is 6.07. The highest BCUT2D eigenvalue weighted by atomic mass is 35.5. The van der Waals surface area contributed by atoms with Gasteiger partial charge in [0.2, 0.25) is 5.91 Å². The molecule has 0 saturated carbocycles. The smallest absolute Gasteiger partial charge is 0.358 e. The maximum atomic E-state index is 13.1. The Labute approximate surface area is 160 Å². The second-order valence-electron chi connectivity index (χ2n) is 6.34. The number of piperazine rings is 1. The molecule has 8 nitrogen and oxygen atoms in total. The van der Waals surface area contributed by atoms with E-state index in [0.717, 1.165) is 5.56 Å². The van der Waals surface area contributed by atoms with Gasteiger partial charge in [0.25, 0.3) is 0 Å². The predicted molar refractivity (Wildman–Crippen MR) is 96.8 cm³/mol. The minimum atomic E-state index is -0.565. The molecule has 1 fully saturated rings. The highest BCUT2D eigenvalue weighted by Gasteiger charge is 2.22. The number of carbonyl (C=O) groups excluding carboxylic acids is 1. The summed E-state index contributed by atoms with van der Waals surface area (Å²) in [5, 5.41) is 14.8. The Morgan fingerprint density at radius 3 is 2.63 bits per heavy atom. The predicted octanol–water partition coefficient (Wildman–Crippen LogP) is 2.32. The van der Waals surface area contributed by atoms with Crippen molar-refractivity contribution in [1.29, 1.82) is 0 Å². The third-order valence-electron chi connectivity index (χ3n) is 4.50. The van der Waals surface area contributed by atoms with Gasteiger partial charge >= 0.3 is 5.82 Å². The summed E-state index contributed by atoms with van der Waals surface area (Å²) < 4.78 is 14.5. The lowest BCUT2D eigenvalue weighted by molar-refractivity contribution is -0.389. The van der Waals surface area contributed by atoms with Crippen molar-refractivity contribution in [2.45, 2.75) is 19.5 Å². The molecule has 2 heterocycles. The van der Waals surface area contributed by atoms with Crippen LogP contribution in [0.15, 0.2) is 30.5 Å². The van der Waals surface area contributed by atoms with Crippen molar-refractivity contribution < 1.29 is 14.1 Å². The summed E-state index contributed by atoms with van der Waals surface area (Å²) in [7, 11) is 0. The van der Waals surface area contributed by atoms with Gasteiger partial charge in [0.05, 0.1) is 23.9 Å². The molecule has 1 aliphatic heterocycles. The van der Waals surface area contributed by atoms with Gasteiger partial charge in [-0.1, -0.05) is 17.7 Å². The number of nitro groups is 1. The number of halogens is 2. The molecule has 0 unspecified atom stereocenters. The SMILES string of the molecule is O=C(CCn1ccc([N+](=O)[O-])n1)N1CCN(Cc2ccc(F)cc2Cl)CC1. The van der Waals surface area contributed by atoms with Gasteiger partial charge in [0, 0.05) is 44.2 Å². The zero-order valence-electron chi connectivity index (χ0n) is 14.6. The maximum Gasteiger partial charge on any atom is 0.389 e. The van der Waals surface area contributed by atoms with Crippen molar-refractivity contribution >= 4 is 23.3 Å². The van der Waals surface area contributed by atoms with Crippen LogP contribution < -0.4 is 0 Å². The first-order valence-electron chi connectivity index (χ1n) is 8.54. The number of rotatable bonds is 6. The Hall–Kier alpha value is -2.52. The fourth-order valence-corrected chi connectivity index (χ4v) is 3.21. The van der Waals surface area contributed by atoms with E-state index in [-0.39, 0.29) is 24.0 Å². The van der Waals surface area contributed by atoms with Crippen LogP contribution in [-0.2, 0) is 17.9 Å². The third-order valence-corrected chi connectivity index (χ3v) is 4.85. The van der Waals surface area contributed by atoms with Crippen LogP contribution in [0.4, 0.5) is 10.2 Å². The number of hydrogen-bond donors (Lipinski definition) is 0. The minimum Gasteiger partial charge on any atom is -0.358 e. The Morgan fingerprint density at radius 1 is 1.26 bits per heavy atom. The van der Waals surface area contributed by atoms with Gasteiger partial charge in [-0.05, 0) is 22.6 Å². The Bertz CT molecular complexity index is 836. The van der Waals surface area contributed by atoms with Crippen molar-refractivity contribution in [3.8, 4) is 0 Å². The van der Waals surface area contributed by atoms with Gasteiger partial charge < -0.3 is 15.0 Å². The van der Waals surface area contributed by atoms with Gasteiger partial charge in [-0.3, -0.25) is 9.69 Å². The molecule has 27 heavy (non-hydrogen) atoms.